The molecule has 0 spiro atoms. The Morgan fingerprint density at radius 1 is 1.38 bits per heavy atom. The van der Waals surface area contributed by atoms with Gasteiger partial charge in [-0.1, -0.05) is 30.7 Å². The summed E-state index contributed by atoms with van der Waals surface area (Å²) in [6.45, 7) is 4.37. The lowest BCUT2D eigenvalue weighted by Crippen LogP contribution is -2.05. The maximum atomic E-state index is 11.2. The summed E-state index contributed by atoms with van der Waals surface area (Å²) in [5, 5.41) is 0.737. The van der Waals surface area contributed by atoms with Crippen LogP contribution in [0.3, 0.4) is 0 Å². The highest BCUT2D eigenvalue weighted by molar-refractivity contribution is 6.30. The Hall–Kier alpha value is -1.02. The minimum absolute atomic E-state index is 0.122. The van der Waals surface area contributed by atoms with E-state index in [1.165, 1.54) is 5.56 Å². The van der Waals surface area contributed by atoms with Gasteiger partial charge in [0.05, 0.1) is 6.61 Å². The monoisotopic (exact) mass is 240 g/mol. The molecule has 1 atom stereocenters. The third-order valence-electron chi connectivity index (χ3n) is 2.53. The van der Waals surface area contributed by atoms with E-state index in [1.54, 1.807) is 0 Å². The van der Waals surface area contributed by atoms with Crippen LogP contribution in [0.5, 0.6) is 0 Å². The van der Waals surface area contributed by atoms with E-state index in [9.17, 15) is 4.79 Å². The van der Waals surface area contributed by atoms with Crippen molar-refractivity contribution in [2.45, 2.75) is 32.6 Å². The summed E-state index contributed by atoms with van der Waals surface area (Å²) in [5.74, 6) is 0.227. The van der Waals surface area contributed by atoms with E-state index < -0.39 is 0 Å². The second kappa shape index (κ2) is 6.54. The first kappa shape index (κ1) is 13.0. The maximum absolute atomic E-state index is 11.2. The van der Waals surface area contributed by atoms with Crippen molar-refractivity contribution in [3.8, 4) is 0 Å². The van der Waals surface area contributed by atoms with Gasteiger partial charge in [-0.05, 0) is 37.0 Å². The molecule has 0 aliphatic carbocycles. The zero-order chi connectivity index (χ0) is 12.0. The molecule has 1 aromatic rings. The van der Waals surface area contributed by atoms with Gasteiger partial charge < -0.3 is 4.74 Å². The lowest BCUT2D eigenvalue weighted by Gasteiger charge is -2.11. The second-order valence-electron chi connectivity index (χ2n) is 3.80. The van der Waals surface area contributed by atoms with Gasteiger partial charge in [0.1, 0.15) is 0 Å². The largest absolute Gasteiger partial charge is 0.466 e. The highest BCUT2D eigenvalue weighted by Gasteiger charge is 2.09. The average Bonchev–Trinajstić information content (AvgIpc) is 2.27. The highest BCUT2D eigenvalue weighted by atomic mass is 35.5. The molecule has 0 saturated carbocycles. The van der Waals surface area contributed by atoms with E-state index in [1.807, 2.05) is 31.2 Å². The Morgan fingerprint density at radius 3 is 2.56 bits per heavy atom. The Bertz CT molecular complexity index is 332. The molecule has 0 bridgehead atoms. The van der Waals surface area contributed by atoms with Crippen LogP contribution in [-0.4, -0.2) is 12.6 Å². The van der Waals surface area contributed by atoms with Crippen LogP contribution in [0.4, 0.5) is 0 Å². The van der Waals surface area contributed by atoms with Crippen LogP contribution >= 0.6 is 11.6 Å². The molecule has 0 aliphatic rings. The van der Waals surface area contributed by atoms with Gasteiger partial charge in [0, 0.05) is 11.4 Å². The van der Waals surface area contributed by atoms with E-state index in [2.05, 4.69) is 6.92 Å². The van der Waals surface area contributed by atoms with Crippen LogP contribution in [0.25, 0.3) is 0 Å². The Balaban J connectivity index is 2.43. The minimum Gasteiger partial charge on any atom is -0.466 e. The van der Waals surface area contributed by atoms with Crippen molar-refractivity contribution >= 4 is 17.6 Å². The van der Waals surface area contributed by atoms with Crippen LogP contribution in [0.2, 0.25) is 5.02 Å². The number of carbonyl (C=O) groups is 1. The average molecular weight is 241 g/mol. The third-order valence-corrected chi connectivity index (χ3v) is 2.78. The zero-order valence-electron chi connectivity index (χ0n) is 9.70. The number of halogens is 1. The molecule has 1 aromatic carbocycles. The van der Waals surface area contributed by atoms with Gasteiger partial charge in [-0.25, -0.2) is 0 Å². The Kier molecular flexibility index (Phi) is 5.33. The minimum atomic E-state index is -0.122. The molecule has 0 aromatic heterocycles. The van der Waals surface area contributed by atoms with Gasteiger partial charge in [-0.15, -0.1) is 0 Å². The molecular weight excluding hydrogens is 224 g/mol. The molecule has 0 saturated heterocycles. The number of hydrogen-bond donors (Lipinski definition) is 0. The first-order chi connectivity index (χ1) is 7.63. The number of rotatable bonds is 5. The molecule has 1 rings (SSSR count). The third kappa shape index (κ3) is 4.23. The topological polar surface area (TPSA) is 26.3 Å². The summed E-state index contributed by atoms with van der Waals surface area (Å²) in [6, 6.07) is 7.74. The predicted octanol–water partition coefficient (Wildman–Crippen LogP) is 3.79. The van der Waals surface area contributed by atoms with Crippen molar-refractivity contribution in [3.63, 3.8) is 0 Å². The molecule has 0 radical (unpaired) electrons. The fraction of sp³-hybridized carbons (Fsp3) is 0.462. The van der Waals surface area contributed by atoms with Crippen LogP contribution < -0.4 is 0 Å². The number of carbonyl (C=O) groups excluding carboxylic acids is 1. The summed E-state index contributed by atoms with van der Waals surface area (Å²) >= 11 is 5.81. The van der Waals surface area contributed by atoms with Crippen LogP contribution in [0.15, 0.2) is 24.3 Å². The van der Waals surface area contributed by atoms with Crippen molar-refractivity contribution in [3.05, 3.63) is 34.9 Å². The number of esters is 1. The maximum Gasteiger partial charge on any atom is 0.305 e. The first-order valence-corrected chi connectivity index (χ1v) is 5.92. The van der Waals surface area contributed by atoms with Gasteiger partial charge in [0.25, 0.3) is 0 Å². The molecule has 1 unspecified atom stereocenters. The van der Waals surface area contributed by atoms with Crippen molar-refractivity contribution in [1.29, 1.82) is 0 Å². The number of hydrogen-bond acceptors (Lipinski definition) is 2. The van der Waals surface area contributed by atoms with E-state index >= 15 is 0 Å². The molecular formula is C13H17ClO2. The summed E-state index contributed by atoms with van der Waals surface area (Å²) in [7, 11) is 0. The molecule has 0 fully saturated rings. The van der Waals surface area contributed by atoms with Crippen molar-refractivity contribution in [2.75, 3.05) is 6.61 Å². The van der Waals surface area contributed by atoms with Gasteiger partial charge in [-0.2, -0.15) is 0 Å². The van der Waals surface area contributed by atoms with E-state index in [4.69, 9.17) is 16.3 Å². The second-order valence-corrected chi connectivity index (χ2v) is 4.23. The lowest BCUT2D eigenvalue weighted by molar-refractivity contribution is -0.143. The molecule has 16 heavy (non-hydrogen) atoms. The molecule has 0 amide bonds. The van der Waals surface area contributed by atoms with Gasteiger partial charge >= 0.3 is 5.97 Å². The highest BCUT2D eigenvalue weighted by Crippen LogP contribution is 2.22. The Morgan fingerprint density at radius 2 is 2.00 bits per heavy atom. The molecule has 88 valence electrons. The quantitative estimate of drug-likeness (QED) is 0.732. The fourth-order valence-electron chi connectivity index (χ4n) is 1.53. The normalized spacial score (nSPS) is 12.2. The molecule has 0 aliphatic heterocycles. The van der Waals surface area contributed by atoms with Crippen molar-refractivity contribution in [2.24, 2.45) is 0 Å². The first-order valence-electron chi connectivity index (χ1n) is 5.54. The van der Waals surface area contributed by atoms with E-state index in [-0.39, 0.29) is 5.97 Å². The number of benzene rings is 1. The summed E-state index contributed by atoms with van der Waals surface area (Å²) < 4.78 is 4.89. The van der Waals surface area contributed by atoms with Crippen LogP contribution in [0, 0.1) is 0 Å². The molecule has 2 nitrogen and oxygen atoms in total. The Labute approximate surface area is 102 Å². The molecule has 0 heterocycles. The van der Waals surface area contributed by atoms with Crippen LogP contribution in [-0.2, 0) is 9.53 Å². The van der Waals surface area contributed by atoms with Gasteiger partial charge in [0.2, 0.25) is 0 Å². The van der Waals surface area contributed by atoms with Gasteiger partial charge in [0.15, 0.2) is 0 Å². The standard InChI is InChI=1S/C13H17ClO2/c1-3-16-13(15)9-4-10(2)11-5-7-12(14)8-6-11/h5-8,10H,3-4,9H2,1-2H3. The summed E-state index contributed by atoms with van der Waals surface area (Å²) in [5.41, 5.74) is 1.20. The van der Waals surface area contributed by atoms with Crippen LogP contribution in [0.1, 0.15) is 38.2 Å². The summed E-state index contributed by atoms with van der Waals surface area (Å²) in [4.78, 5) is 11.2. The smallest absolute Gasteiger partial charge is 0.305 e. The molecule has 0 N–H and O–H groups in total. The van der Waals surface area contributed by atoms with E-state index in [0.29, 0.717) is 18.9 Å². The van der Waals surface area contributed by atoms with Crippen molar-refractivity contribution < 1.29 is 9.53 Å². The predicted molar refractivity (Wildman–Crippen MR) is 65.7 cm³/mol. The lowest BCUT2D eigenvalue weighted by atomic mass is 9.96. The number of ether oxygens (including phenoxy) is 1. The fourth-order valence-corrected chi connectivity index (χ4v) is 1.65. The van der Waals surface area contributed by atoms with Crippen molar-refractivity contribution in [1.82, 2.24) is 0 Å². The zero-order valence-corrected chi connectivity index (χ0v) is 10.5. The van der Waals surface area contributed by atoms with Gasteiger partial charge in [-0.3, -0.25) is 4.79 Å². The van der Waals surface area contributed by atoms with E-state index in [0.717, 1.165) is 11.4 Å². The summed E-state index contributed by atoms with van der Waals surface area (Å²) in [6.07, 6.45) is 1.28. The molecule has 3 heteroatoms. The SMILES string of the molecule is CCOC(=O)CCC(C)c1ccc(Cl)cc1.